The number of rotatable bonds is 7. The number of aromatic nitrogens is 1. The van der Waals surface area contributed by atoms with E-state index in [0.29, 0.717) is 28.6 Å². The van der Waals surface area contributed by atoms with Crippen LogP contribution in [-0.2, 0) is 10.0 Å². The molecule has 1 amide bonds. The summed E-state index contributed by atoms with van der Waals surface area (Å²) in [6, 6.07) is 26.0. The van der Waals surface area contributed by atoms with E-state index in [2.05, 4.69) is 10.0 Å². The summed E-state index contributed by atoms with van der Waals surface area (Å²) in [5.74, 6) is -0.368. The van der Waals surface area contributed by atoms with E-state index >= 15 is 0 Å². The number of pyridine rings is 1. The van der Waals surface area contributed by atoms with Gasteiger partial charge in [-0.15, -0.1) is 0 Å². The predicted molar refractivity (Wildman–Crippen MR) is 133 cm³/mol. The first-order valence-corrected chi connectivity index (χ1v) is 12.6. The molecule has 33 heavy (non-hydrogen) atoms. The lowest BCUT2D eigenvalue weighted by Gasteiger charge is -2.21. The molecule has 0 saturated carbocycles. The van der Waals surface area contributed by atoms with Crippen LogP contribution in [0.3, 0.4) is 0 Å². The molecule has 0 spiro atoms. The zero-order valence-electron chi connectivity index (χ0n) is 18.4. The first-order chi connectivity index (χ1) is 15.9. The van der Waals surface area contributed by atoms with Gasteiger partial charge in [-0.2, -0.15) is 0 Å². The topological polar surface area (TPSA) is 88.2 Å². The molecule has 0 aliphatic heterocycles. The Morgan fingerprint density at radius 1 is 0.939 bits per heavy atom. The van der Waals surface area contributed by atoms with Crippen LogP contribution >= 0.6 is 0 Å². The van der Waals surface area contributed by atoms with E-state index in [-0.39, 0.29) is 23.2 Å². The van der Waals surface area contributed by atoms with E-state index in [0.717, 1.165) is 11.8 Å². The molecule has 0 bridgehead atoms. The van der Waals surface area contributed by atoms with E-state index in [1.165, 1.54) is 0 Å². The number of hydrogen-bond donors (Lipinski definition) is 2. The summed E-state index contributed by atoms with van der Waals surface area (Å²) in [5.41, 5.74) is 3.11. The Labute approximate surface area is 193 Å². The minimum Gasteiger partial charge on any atom is -0.345 e. The zero-order chi connectivity index (χ0) is 23.4. The number of benzene rings is 3. The molecule has 0 aliphatic rings. The van der Waals surface area contributed by atoms with Crippen molar-refractivity contribution in [3.63, 3.8) is 0 Å². The standard InChI is InChI=1S/C26H25N3O3S/c1-3-21(18-12-6-4-7-13-18)28-26(30)23-20-16-10-11-17-22(20)27-24(19-14-8-5-9-15-19)25(23)29-33(2,31)32/h4-17,21,29H,3H2,1-2H3,(H,28,30)/t21-/m0/s1/i23+2,26+2. The highest BCUT2D eigenvalue weighted by Gasteiger charge is 2.25. The Balaban J connectivity index is 1.93. The number of nitrogens with one attached hydrogen (secondary N) is 2. The molecule has 6 nitrogen and oxygen atoms in total. The smallest absolute Gasteiger partial charge is 0.254 e. The van der Waals surface area contributed by atoms with Crippen LogP contribution in [-0.4, -0.2) is 25.6 Å². The molecule has 168 valence electrons. The van der Waals surface area contributed by atoms with E-state index in [9.17, 15) is 13.2 Å². The van der Waals surface area contributed by atoms with Crippen molar-refractivity contribution in [2.75, 3.05) is 11.0 Å². The number of carbonyl (C=O) groups excluding carboxylic acids is 1. The van der Waals surface area contributed by atoms with Crippen LogP contribution in [0.15, 0.2) is 84.9 Å². The Morgan fingerprint density at radius 3 is 2.18 bits per heavy atom. The molecule has 4 rings (SSSR count). The maximum absolute atomic E-state index is 13.7. The summed E-state index contributed by atoms with van der Waals surface area (Å²) in [6.07, 6.45) is 1.75. The molecule has 0 fully saturated rings. The van der Waals surface area contributed by atoms with Gasteiger partial charge >= 0.3 is 0 Å². The van der Waals surface area contributed by atoms with E-state index < -0.39 is 10.0 Å². The minimum absolute atomic E-state index is 0.169. The molecular weight excluding hydrogens is 438 g/mol. The average molecular weight is 464 g/mol. The third-order valence-electron chi connectivity index (χ3n) is 5.37. The highest BCUT2D eigenvalue weighted by molar-refractivity contribution is 7.92. The van der Waals surface area contributed by atoms with Crippen LogP contribution < -0.4 is 10.0 Å². The number of amides is 1. The highest BCUT2D eigenvalue weighted by atomic mass is 32.2. The fourth-order valence-electron chi connectivity index (χ4n) is 3.87. The normalized spacial score (nSPS) is 12.3. The number of fused-ring (bicyclic) bond motifs is 1. The summed E-state index contributed by atoms with van der Waals surface area (Å²) in [6.45, 7) is 1.99. The monoisotopic (exact) mass is 463 g/mol. The van der Waals surface area contributed by atoms with Crippen LogP contribution in [0, 0.1) is 0 Å². The first kappa shape index (κ1) is 22.5. The van der Waals surface area contributed by atoms with Crippen LogP contribution in [0.25, 0.3) is 22.2 Å². The molecule has 3 aromatic carbocycles. The molecule has 2 N–H and O–H groups in total. The van der Waals surface area contributed by atoms with Crippen molar-refractivity contribution in [2.45, 2.75) is 19.4 Å². The van der Waals surface area contributed by atoms with Crippen LogP contribution in [0.5, 0.6) is 0 Å². The van der Waals surface area contributed by atoms with Gasteiger partial charge in [0.1, 0.15) is 0 Å². The van der Waals surface area contributed by atoms with Crippen LogP contribution in [0.4, 0.5) is 5.69 Å². The lowest BCUT2D eigenvalue weighted by atomic mass is 10.1. The number of para-hydroxylation sites is 1. The Morgan fingerprint density at radius 2 is 1.55 bits per heavy atom. The molecule has 0 radical (unpaired) electrons. The van der Waals surface area contributed by atoms with Gasteiger partial charge in [-0.1, -0.05) is 85.8 Å². The third kappa shape index (κ3) is 5.04. The average Bonchev–Trinajstić information content (AvgIpc) is 2.82. The van der Waals surface area contributed by atoms with Gasteiger partial charge in [0.2, 0.25) is 10.0 Å². The Hall–Kier alpha value is -3.71. The highest BCUT2D eigenvalue weighted by Crippen LogP contribution is 2.35. The zero-order valence-corrected chi connectivity index (χ0v) is 19.3. The van der Waals surface area contributed by atoms with Gasteiger partial charge in [0.25, 0.3) is 5.91 Å². The fourth-order valence-corrected chi connectivity index (χ4v) is 4.44. The Kier molecular flexibility index (Phi) is 6.42. The van der Waals surface area contributed by atoms with Crippen molar-refractivity contribution in [1.29, 1.82) is 0 Å². The van der Waals surface area contributed by atoms with Crippen molar-refractivity contribution >= 4 is 32.5 Å². The summed E-state index contributed by atoms with van der Waals surface area (Å²) in [7, 11) is -3.69. The molecular formula is C26H25N3O3S. The second-order valence-corrected chi connectivity index (χ2v) is 9.56. The lowest BCUT2D eigenvalue weighted by Crippen LogP contribution is -2.30. The van der Waals surface area contributed by atoms with Gasteiger partial charge < -0.3 is 5.32 Å². The third-order valence-corrected chi connectivity index (χ3v) is 5.94. The van der Waals surface area contributed by atoms with E-state index in [4.69, 9.17) is 4.98 Å². The van der Waals surface area contributed by atoms with Crippen molar-refractivity contribution in [3.05, 3.63) is 96.1 Å². The number of nitrogens with zero attached hydrogens (tertiary/aromatic N) is 1. The fraction of sp³-hybridized carbons (Fsp3) is 0.154. The van der Waals surface area contributed by atoms with Gasteiger partial charge in [-0.3, -0.25) is 9.52 Å². The molecule has 1 aromatic heterocycles. The molecule has 4 aromatic rings. The number of sulfonamides is 1. The second-order valence-electron chi connectivity index (χ2n) is 7.81. The van der Waals surface area contributed by atoms with E-state index in [1.54, 1.807) is 6.07 Å². The van der Waals surface area contributed by atoms with Crippen LogP contribution in [0.2, 0.25) is 0 Å². The minimum atomic E-state index is -3.69. The van der Waals surface area contributed by atoms with Crippen molar-refractivity contribution in [2.24, 2.45) is 0 Å². The number of carbonyl (C=O) groups is 1. The van der Waals surface area contributed by atoms with Gasteiger partial charge in [0.05, 0.1) is 34.8 Å². The van der Waals surface area contributed by atoms with Gasteiger partial charge in [-0.05, 0) is 18.1 Å². The van der Waals surface area contributed by atoms with Crippen molar-refractivity contribution in [3.8, 4) is 11.3 Å². The number of anilines is 1. The number of hydrogen-bond acceptors (Lipinski definition) is 4. The maximum atomic E-state index is 13.7. The summed E-state index contributed by atoms with van der Waals surface area (Å²) < 4.78 is 27.2. The molecule has 0 saturated heterocycles. The second kappa shape index (κ2) is 9.42. The Bertz CT molecular complexity index is 1390. The van der Waals surface area contributed by atoms with E-state index in [1.807, 2.05) is 85.8 Å². The molecule has 1 heterocycles. The molecule has 0 aliphatic carbocycles. The lowest BCUT2D eigenvalue weighted by molar-refractivity contribution is 0.0938. The predicted octanol–water partition coefficient (Wildman–Crippen LogP) is 5.15. The SMILES string of the molecule is CC[C@H](N[14C](=O)[14c]1c(NS(C)(=O)=O)c(-c2ccccc2)nc2ccccc21)c1ccccc1. The summed E-state index contributed by atoms with van der Waals surface area (Å²) >= 11 is 0. The maximum Gasteiger partial charge on any atom is 0.254 e. The van der Waals surface area contributed by atoms with Gasteiger partial charge in [-0.25, -0.2) is 13.4 Å². The van der Waals surface area contributed by atoms with Crippen LogP contribution in [0.1, 0.15) is 35.3 Å². The van der Waals surface area contributed by atoms with Crippen molar-refractivity contribution in [1.82, 2.24) is 10.3 Å². The summed E-state index contributed by atoms with van der Waals surface area (Å²) in [5, 5.41) is 3.67. The molecule has 7 heteroatoms. The largest absolute Gasteiger partial charge is 0.345 e. The van der Waals surface area contributed by atoms with Gasteiger partial charge in [0.15, 0.2) is 0 Å². The van der Waals surface area contributed by atoms with Gasteiger partial charge in [0, 0.05) is 10.9 Å². The van der Waals surface area contributed by atoms with Crippen molar-refractivity contribution < 1.29 is 13.2 Å². The quantitative estimate of drug-likeness (QED) is 0.397. The molecule has 1 atom stereocenters. The first-order valence-electron chi connectivity index (χ1n) is 10.7. The molecule has 0 unspecified atom stereocenters. The summed E-state index contributed by atoms with van der Waals surface area (Å²) in [4.78, 5) is 18.4.